The van der Waals surface area contributed by atoms with E-state index in [1.165, 1.54) is 12.4 Å². The Labute approximate surface area is 111 Å². The molecule has 0 amide bonds. The van der Waals surface area contributed by atoms with Crippen LogP contribution in [0.3, 0.4) is 0 Å². The van der Waals surface area contributed by atoms with Crippen molar-refractivity contribution in [3.05, 3.63) is 48.0 Å². The Bertz CT molecular complexity index is 657. The summed E-state index contributed by atoms with van der Waals surface area (Å²) < 4.78 is 27.8. The van der Waals surface area contributed by atoms with Crippen LogP contribution in [0.25, 0.3) is 10.6 Å². The maximum absolute atomic E-state index is 12.7. The molecule has 0 saturated carbocycles. The molecule has 0 saturated heterocycles. The van der Waals surface area contributed by atoms with Gasteiger partial charge < -0.3 is 0 Å². The molecule has 0 aliphatic carbocycles. The lowest BCUT2D eigenvalue weighted by atomic mass is 10.3. The molecule has 0 N–H and O–H groups in total. The van der Waals surface area contributed by atoms with Crippen LogP contribution in [0.5, 0.6) is 0 Å². The maximum Gasteiger partial charge on any atom is 0.319 e. The van der Waals surface area contributed by atoms with Crippen LogP contribution in [0, 0.1) is 0 Å². The van der Waals surface area contributed by atoms with E-state index in [1.807, 2.05) is 23.6 Å². The predicted molar refractivity (Wildman–Crippen MR) is 68.1 cm³/mol. The van der Waals surface area contributed by atoms with Gasteiger partial charge in [-0.25, -0.2) is 4.98 Å². The summed E-state index contributed by atoms with van der Waals surface area (Å²) in [5.41, 5.74) is 0.838. The van der Waals surface area contributed by atoms with Crippen molar-refractivity contribution in [2.24, 2.45) is 0 Å². The lowest BCUT2D eigenvalue weighted by Crippen LogP contribution is -2.09. The summed E-state index contributed by atoms with van der Waals surface area (Å²) in [6, 6.07) is 5.78. The van der Waals surface area contributed by atoms with Gasteiger partial charge in [-0.2, -0.15) is 13.9 Å². The van der Waals surface area contributed by atoms with Gasteiger partial charge in [-0.05, 0) is 17.5 Å². The normalized spacial score (nSPS) is 11.3. The number of hydrogen-bond acceptors (Lipinski definition) is 3. The molecule has 0 aromatic carbocycles. The number of rotatable bonds is 4. The minimum Gasteiger partial charge on any atom is -0.276 e. The fraction of sp³-hybridized carbons (Fsp3) is 0.167. The number of alkyl halides is 2. The first-order valence-electron chi connectivity index (χ1n) is 5.61. The molecule has 0 radical (unpaired) electrons. The van der Waals surface area contributed by atoms with Crippen molar-refractivity contribution in [1.82, 2.24) is 19.3 Å². The van der Waals surface area contributed by atoms with E-state index in [2.05, 4.69) is 10.1 Å². The molecule has 0 atom stereocenters. The first-order chi connectivity index (χ1) is 9.24. The van der Waals surface area contributed by atoms with Crippen LogP contribution in [-0.2, 0) is 6.54 Å². The van der Waals surface area contributed by atoms with Gasteiger partial charge in [0.1, 0.15) is 11.5 Å². The third-order valence-electron chi connectivity index (χ3n) is 2.68. The second kappa shape index (κ2) is 4.93. The van der Waals surface area contributed by atoms with Gasteiger partial charge in [-0.1, -0.05) is 6.07 Å². The first kappa shape index (κ1) is 12.0. The van der Waals surface area contributed by atoms with E-state index in [4.69, 9.17) is 0 Å². The molecular weight excluding hydrogens is 270 g/mol. The van der Waals surface area contributed by atoms with Gasteiger partial charge in [0.05, 0.1) is 11.4 Å². The predicted octanol–water partition coefficient (Wildman–Crippen LogP) is 3.25. The molecule has 3 heterocycles. The number of hydrogen-bond donors (Lipinski definition) is 0. The van der Waals surface area contributed by atoms with Crippen LogP contribution < -0.4 is 0 Å². The monoisotopic (exact) mass is 280 g/mol. The number of nitrogens with zero attached hydrogens (tertiary/aromatic N) is 4. The van der Waals surface area contributed by atoms with Crippen molar-refractivity contribution in [2.75, 3.05) is 0 Å². The van der Waals surface area contributed by atoms with Crippen LogP contribution in [0.15, 0.2) is 42.2 Å². The van der Waals surface area contributed by atoms with Crippen LogP contribution in [-0.4, -0.2) is 19.3 Å². The average Bonchev–Trinajstić information content (AvgIpc) is 3.09. The largest absolute Gasteiger partial charge is 0.319 e. The average molecular weight is 280 g/mol. The Kier molecular flexibility index (Phi) is 3.12. The zero-order valence-corrected chi connectivity index (χ0v) is 10.6. The van der Waals surface area contributed by atoms with Crippen molar-refractivity contribution in [3.8, 4) is 10.6 Å². The van der Waals surface area contributed by atoms with Gasteiger partial charge in [0.25, 0.3) is 0 Å². The second-order valence-corrected chi connectivity index (χ2v) is 4.85. The summed E-state index contributed by atoms with van der Waals surface area (Å²) in [7, 11) is 0. The molecule has 3 rings (SSSR count). The van der Waals surface area contributed by atoms with Crippen molar-refractivity contribution in [1.29, 1.82) is 0 Å². The molecule has 19 heavy (non-hydrogen) atoms. The Hall–Kier alpha value is -2.02. The molecule has 0 aliphatic heterocycles. The van der Waals surface area contributed by atoms with E-state index < -0.39 is 6.55 Å². The molecule has 3 aromatic heterocycles. The number of aromatic nitrogens is 4. The summed E-state index contributed by atoms with van der Waals surface area (Å²) >= 11 is 1.59. The lowest BCUT2D eigenvalue weighted by molar-refractivity contribution is 0.0666. The van der Waals surface area contributed by atoms with E-state index in [-0.39, 0.29) is 12.4 Å². The summed E-state index contributed by atoms with van der Waals surface area (Å²) in [6.45, 7) is -2.35. The Morgan fingerprint density at radius 3 is 2.89 bits per heavy atom. The van der Waals surface area contributed by atoms with E-state index in [0.29, 0.717) is 0 Å². The van der Waals surface area contributed by atoms with Gasteiger partial charge in [-0.3, -0.25) is 9.25 Å². The van der Waals surface area contributed by atoms with Gasteiger partial charge in [0.2, 0.25) is 0 Å². The van der Waals surface area contributed by atoms with Crippen molar-refractivity contribution >= 4 is 11.3 Å². The third kappa shape index (κ3) is 2.41. The number of thiophene rings is 1. The van der Waals surface area contributed by atoms with Crippen LogP contribution >= 0.6 is 11.3 Å². The maximum atomic E-state index is 12.7. The van der Waals surface area contributed by atoms with Crippen molar-refractivity contribution in [3.63, 3.8) is 0 Å². The van der Waals surface area contributed by atoms with Crippen LogP contribution in [0.2, 0.25) is 0 Å². The zero-order chi connectivity index (χ0) is 13.2. The highest BCUT2D eigenvalue weighted by atomic mass is 32.1. The smallest absolute Gasteiger partial charge is 0.276 e. The van der Waals surface area contributed by atoms with Gasteiger partial charge >= 0.3 is 6.55 Å². The highest BCUT2D eigenvalue weighted by molar-refractivity contribution is 7.13. The third-order valence-corrected chi connectivity index (χ3v) is 3.57. The SMILES string of the molecule is FC(F)n1ccnc1Cn1ccc(-c2cccs2)n1. The molecular formula is C12H10F2N4S. The summed E-state index contributed by atoms with van der Waals surface area (Å²) in [5.74, 6) is 0.288. The Morgan fingerprint density at radius 2 is 2.16 bits per heavy atom. The fourth-order valence-electron chi connectivity index (χ4n) is 1.79. The lowest BCUT2D eigenvalue weighted by Gasteiger charge is -2.06. The zero-order valence-electron chi connectivity index (χ0n) is 9.78. The minimum atomic E-state index is -2.58. The Balaban J connectivity index is 1.82. The summed E-state index contributed by atoms with van der Waals surface area (Å²) in [4.78, 5) is 4.98. The van der Waals surface area contributed by atoms with Crippen molar-refractivity contribution < 1.29 is 8.78 Å². The Morgan fingerprint density at radius 1 is 1.26 bits per heavy atom. The van der Waals surface area contributed by atoms with Crippen LogP contribution in [0.1, 0.15) is 12.4 Å². The summed E-state index contributed by atoms with van der Waals surface area (Å²) in [6.07, 6.45) is 4.40. The fourth-order valence-corrected chi connectivity index (χ4v) is 2.48. The quantitative estimate of drug-likeness (QED) is 0.735. The van der Waals surface area contributed by atoms with Gasteiger partial charge in [0, 0.05) is 18.6 Å². The highest BCUT2D eigenvalue weighted by Gasteiger charge is 2.12. The molecule has 0 spiro atoms. The molecule has 0 unspecified atom stereocenters. The van der Waals surface area contributed by atoms with E-state index in [9.17, 15) is 8.78 Å². The molecule has 3 aromatic rings. The second-order valence-electron chi connectivity index (χ2n) is 3.90. The molecule has 0 fully saturated rings. The van der Waals surface area contributed by atoms with Crippen LogP contribution in [0.4, 0.5) is 8.78 Å². The van der Waals surface area contributed by atoms with Gasteiger partial charge in [0.15, 0.2) is 0 Å². The number of imidazole rings is 1. The molecule has 4 nitrogen and oxygen atoms in total. The standard InChI is InChI=1S/C12H10F2N4S/c13-12(14)18-6-4-15-11(18)8-17-5-3-9(16-17)10-2-1-7-19-10/h1-7,12H,8H2. The summed E-state index contributed by atoms with van der Waals surface area (Å²) in [5, 5.41) is 6.33. The molecule has 0 aliphatic rings. The first-order valence-corrected chi connectivity index (χ1v) is 6.49. The van der Waals surface area contributed by atoms with Gasteiger partial charge in [-0.15, -0.1) is 11.3 Å². The topological polar surface area (TPSA) is 35.6 Å². The van der Waals surface area contributed by atoms with E-state index >= 15 is 0 Å². The minimum absolute atomic E-state index is 0.225. The van der Waals surface area contributed by atoms with E-state index in [1.54, 1.807) is 22.2 Å². The molecule has 98 valence electrons. The highest BCUT2D eigenvalue weighted by Crippen LogP contribution is 2.22. The van der Waals surface area contributed by atoms with E-state index in [0.717, 1.165) is 15.1 Å². The molecule has 7 heteroatoms. The number of halogens is 2. The van der Waals surface area contributed by atoms with Crippen molar-refractivity contribution in [2.45, 2.75) is 13.1 Å². The molecule has 0 bridgehead atoms.